The third-order valence-corrected chi connectivity index (χ3v) is 3.74. The van der Waals surface area contributed by atoms with E-state index in [-0.39, 0.29) is 12.5 Å². The molecule has 0 bridgehead atoms. The Hall–Kier alpha value is -1.55. The fraction of sp³-hybridized carbons (Fsp3) is 0.562. The lowest BCUT2D eigenvalue weighted by molar-refractivity contribution is -0.123. The maximum atomic E-state index is 11.8. The van der Waals surface area contributed by atoms with Crippen molar-refractivity contribution >= 4 is 5.91 Å². The first kappa shape index (κ1) is 14.9. The summed E-state index contributed by atoms with van der Waals surface area (Å²) in [5, 5.41) is 6.31. The van der Waals surface area contributed by atoms with Crippen LogP contribution in [0.1, 0.15) is 24.0 Å². The molecule has 1 fully saturated rings. The number of piperidine rings is 1. The second-order valence-electron chi connectivity index (χ2n) is 5.53. The number of para-hydroxylation sites is 1. The molecular weight excluding hydrogens is 252 g/mol. The van der Waals surface area contributed by atoms with E-state index in [1.807, 2.05) is 32.0 Å². The van der Waals surface area contributed by atoms with Crippen molar-refractivity contribution in [3.63, 3.8) is 0 Å². The maximum Gasteiger partial charge on any atom is 0.257 e. The highest BCUT2D eigenvalue weighted by Gasteiger charge is 2.14. The smallest absolute Gasteiger partial charge is 0.257 e. The highest BCUT2D eigenvalue weighted by molar-refractivity contribution is 5.77. The van der Waals surface area contributed by atoms with Gasteiger partial charge >= 0.3 is 0 Å². The molecule has 110 valence electrons. The SMILES string of the molecule is Cc1cccc(C)c1OCC(=O)NCC1CCCNC1. The summed E-state index contributed by atoms with van der Waals surface area (Å²) in [5.41, 5.74) is 2.13. The Labute approximate surface area is 120 Å². The summed E-state index contributed by atoms with van der Waals surface area (Å²) in [7, 11) is 0. The van der Waals surface area contributed by atoms with E-state index in [1.54, 1.807) is 0 Å². The van der Waals surface area contributed by atoms with Crippen molar-refractivity contribution in [3.8, 4) is 5.75 Å². The average Bonchev–Trinajstić information content (AvgIpc) is 2.46. The van der Waals surface area contributed by atoms with Gasteiger partial charge in [-0.3, -0.25) is 4.79 Å². The van der Waals surface area contributed by atoms with Crippen LogP contribution in [0.5, 0.6) is 5.75 Å². The molecule has 0 aliphatic carbocycles. The molecule has 1 amide bonds. The number of ether oxygens (including phenoxy) is 1. The standard InChI is InChI=1S/C16H24N2O2/c1-12-5-3-6-13(2)16(12)20-11-15(19)18-10-14-7-4-8-17-9-14/h3,5-6,14,17H,4,7-11H2,1-2H3,(H,18,19). The minimum Gasteiger partial charge on any atom is -0.483 e. The van der Waals surface area contributed by atoms with Gasteiger partial charge in [-0.2, -0.15) is 0 Å². The molecule has 1 heterocycles. The van der Waals surface area contributed by atoms with Gasteiger partial charge in [0.15, 0.2) is 6.61 Å². The van der Waals surface area contributed by atoms with Crippen LogP contribution in [0.2, 0.25) is 0 Å². The summed E-state index contributed by atoms with van der Waals surface area (Å²) in [6, 6.07) is 5.98. The third-order valence-electron chi connectivity index (χ3n) is 3.74. The molecule has 1 atom stereocenters. The number of aryl methyl sites for hydroxylation is 2. The monoisotopic (exact) mass is 276 g/mol. The Morgan fingerprint density at radius 1 is 1.40 bits per heavy atom. The number of nitrogens with one attached hydrogen (secondary N) is 2. The first-order valence-electron chi connectivity index (χ1n) is 7.33. The normalized spacial score (nSPS) is 18.6. The molecule has 1 aromatic rings. The first-order valence-corrected chi connectivity index (χ1v) is 7.33. The Morgan fingerprint density at radius 2 is 2.15 bits per heavy atom. The van der Waals surface area contributed by atoms with E-state index in [4.69, 9.17) is 4.74 Å². The lowest BCUT2D eigenvalue weighted by atomic mass is 10.00. The van der Waals surface area contributed by atoms with Crippen LogP contribution in [0.15, 0.2) is 18.2 Å². The maximum absolute atomic E-state index is 11.8. The number of carbonyl (C=O) groups is 1. The summed E-state index contributed by atoms with van der Waals surface area (Å²) in [5.74, 6) is 1.33. The minimum absolute atomic E-state index is 0.0433. The summed E-state index contributed by atoms with van der Waals surface area (Å²) in [6.45, 7) is 6.91. The number of carbonyl (C=O) groups excluding carboxylic acids is 1. The van der Waals surface area contributed by atoms with Crippen molar-refractivity contribution in [1.82, 2.24) is 10.6 Å². The Balaban J connectivity index is 1.74. The fourth-order valence-corrected chi connectivity index (χ4v) is 2.57. The van der Waals surface area contributed by atoms with Crippen molar-refractivity contribution in [1.29, 1.82) is 0 Å². The van der Waals surface area contributed by atoms with Crippen LogP contribution in [-0.4, -0.2) is 32.1 Å². The summed E-state index contributed by atoms with van der Waals surface area (Å²) >= 11 is 0. The van der Waals surface area contributed by atoms with E-state index >= 15 is 0 Å². The largest absolute Gasteiger partial charge is 0.483 e. The zero-order valence-electron chi connectivity index (χ0n) is 12.4. The lowest BCUT2D eigenvalue weighted by Crippen LogP contribution is -2.39. The van der Waals surface area contributed by atoms with Gasteiger partial charge in [0.05, 0.1) is 0 Å². The van der Waals surface area contributed by atoms with Crippen LogP contribution in [0, 0.1) is 19.8 Å². The molecule has 1 aliphatic rings. The molecule has 0 saturated carbocycles. The fourth-order valence-electron chi connectivity index (χ4n) is 2.57. The molecule has 0 aromatic heterocycles. The zero-order chi connectivity index (χ0) is 14.4. The van der Waals surface area contributed by atoms with Crippen molar-refractivity contribution < 1.29 is 9.53 Å². The Bertz CT molecular complexity index is 434. The molecule has 1 aliphatic heterocycles. The first-order chi connectivity index (χ1) is 9.66. The molecule has 1 unspecified atom stereocenters. The van der Waals surface area contributed by atoms with Crippen LogP contribution in [0.3, 0.4) is 0 Å². The van der Waals surface area contributed by atoms with E-state index < -0.39 is 0 Å². The van der Waals surface area contributed by atoms with E-state index in [9.17, 15) is 4.79 Å². The van der Waals surface area contributed by atoms with Crippen LogP contribution < -0.4 is 15.4 Å². The van der Waals surface area contributed by atoms with Crippen LogP contribution in [-0.2, 0) is 4.79 Å². The molecule has 1 aromatic carbocycles. The number of amides is 1. The van der Waals surface area contributed by atoms with Crippen molar-refractivity contribution in [2.24, 2.45) is 5.92 Å². The van der Waals surface area contributed by atoms with Crippen molar-refractivity contribution in [2.45, 2.75) is 26.7 Å². The molecule has 2 rings (SSSR count). The van der Waals surface area contributed by atoms with E-state index in [0.29, 0.717) is 5.92 Å². The van der Waals surface area contributed by atoms with Crippen LogP contribution in [0.4, 0.5) is 0 Å². The molecule has 4 heteroatoms. The quantitative estimate of drug-likeness (QED) is 0.862. The van der Waals surface area contributed by atoms with Gasteiger partial charge in [-0.05, 0) is 56.8 Å². The minimum atomic E-state index is -0.0433. The summed E-state index contributed by atoms with van der Waals surface area (Å²) in [6.07, 6.45) is 2.38. The van der Waals surface area contributed by atoms with E-state index in [1.165, 1.54) is 12.8 Å². The molecule has 2 N–H and O–H groups in total. The topological polar surface area (TPSA) is 50.4 Å². The van der Waals surface area contributed by atoms with Gasteiger partial charge in [0, 0.05) is 6.54 Å². The van der Waals surface area contributed by atoms with Gasteiger partial charge in [0.25, 0.3) is 5.91 Å². The second kappa shape index (κ2) is 7.29. The van der Waals surface area contributed by atoms with Gasteiger partial charge in [-0.25, -0.2) is 0 Å². The Morgan fingerprint density at radius 3 is 2.80 bits per heavy atom. The van der Waals surface area contributed by atoms with Gasteiger partial charge in [-0.1, -0.05) is 18.2 Å². The highest BCUT2D eigenvalue weighted by Crippen LogP contribution is 2.22. The number of hydrogen-bond acceptors (Lipinski definition) is 3. The third kappa shape index (κ3) is 4.23. The molecule has 0 spiro atoms. The highest BCUT2D eigenvalue weighted by atomic mass is 16.5. The average molecular weight is 276 g/mol. The van der Waals surface area contributed by atoms with Gasteiger partial charge in [0.1, 0.15) is 5.75 Å². The summed E-state index contributed by atoms with van der Waals surface area (Å²) in [4.78, 5) is 11.8. The van der Waals surface area contributed by atoms with Crippen LogP contribution >= 0.6 is 0 Å². The Kier molecular flexibility index (Phi) is 5.41. The second-order valence-corrected chi connectivity index (χ2v) is 5.53. The lowest BCUT2D eigenvalue weighted by Gasteiger charge is -2.22. The van der Waals surface area contributed by atoms with Gasteiger partial charge in [-0.15, -0.1) is 0 Å². The molecular formula is C16H24N2O2. The van der Waals surface area contributed by atoms with E-state index in [0.717, 1.165) is 36.5 Å². The van der Waals surface area contributed by atoms with E-state index in [2.05, 4.69) is 10.6 Å². The molecule has 1 saturated heterocycles. The number of hydrogen-bond donors (Lipinski definition) is 2. The van der Waals surface area contributed by atoms with Gasteiger partial charge in [0.2, 0.25) is 0 Å². The van der Waals surface area contributed by atoms with Crippen molar-refractivity contribution in [3.05, 3.63) is 29.3 Å². The molecule has 20 heavy (non-hydrogen) atoms. The zero-order valence-corrected chi connectivity index (χ0v) is 12.4. The number of benzene rings is 1. The predicted molar refractivity (Wildman–Crippen MR) is 80.0 cm³/mol. The summed E-state index contributed by atoms with van der Waals surface area (Å²) < 4.78 is 5.64. The van der Waals surface area contributed by atoms with Crippen LogP contribution in [0.25, 0.3) is 0 Å². The van der Waals surface area contributed by atoms with Gasteiger partial charge < -0.3 is 15.4 Å². The predicted octanol–water partition coefficient (Wildman–Crippen LogP) is 1.80. The number of rotatable bonds is 5. The van der Waals surface area contributed by atoms with Crippen molar-refractivity contribution in [2.75, 3.05) is 26.2 Å². The molecule has 0 radical (unpaired) electrons. The molecule has 4 nitrogen and oxygen atoms in total.